The highest BCUT2D eigenvalue weighted by Crippen LogP contribution is 2.19. The molecule has 0 radical (unpaired) electrons. The van der Waals surface area contributed by atoms with Crippen LogP contribution in [0.5, 0.6) is 0 Å². The van der Waals surface area contributed by atoms with Gasteiger partial charge in [-0.05, 0) is 19.8 Å². The van der Waals surface area contributed by atoms with E-state index in [-0.39, 0.29) is 18.4 Å². The van der Waals surface area contributed by atoms with Gasteiger partial charge in [-0.15, -0.1) is 0 Å². The van der Waals surface area contributed by atoms with Gasteiger partial charge in [0, 0.05) is 13.1 Å². The zero-order chi connectivity index (χ0) is 13.1. The van der Waals surface area contributed by atoms with Crippen LogP contribution in [0.25, 0.3) is 0 Å². The van der Waals surface area contributed by atoms with Crippen LogP contribution in [0.1, 0.15) is 28.2 Å². The number of nitrogen functional groups attached to an aromatic ring is 1. The monoisotopic (exact) mass is 268 g/mol. The minimum atomic E-state index is -0.283. The third kappa shape index (κ3) is 2.79. The zero-order valence-electron chi connectivity index (χ0n) is 10.2. The van der Waals surface area contributed by atoms with E-state index in [0.29, 0.717) is 15.7 Å². The van der Waals surface area contributed by atoms with Crippen LogP contribution in [0, 0.1) is 6.92 Å². The Labute approximate surface area is 109 Å². The number of aryl methyl sites for hydroxylation is 1. The summed E-state index contributed by atoms with van der Waals surface area (Å²) >= 11 is 1.14. The Morgan fingerprint density at radius 3 is 2.67 bits per heavy atom. The lowest BCUT2D eigenvalue weighted by atomic mass is 10.3. The van der Waals surface area contributed by atoms with Crippen molar-refractivity contribution in [3.8, 4) is 0 Å². The van der Waals surface area contributed by atoms with Gasteiger partial charge < -0.3 is 16.0 Å². The van der Waals surface area contributed by atoms with E-state index in [1.165, 1.54) is 0 Å². The summed E-state index contributed by atoms with van der Waals surface area (Å²) in [7, 11) is 0. The predicted molar refractivity (Wildman–Crippen MR) is 69.4 cm³/mol. The normalized spacial score (nSPS) is 14.8. The van der Waals surface area contributed by atoms with Gasteiger partial charge in [0.15, 0.2) is 5.13 Å². The predicted octanol–water partition coefficient (Wildman–Crippen LogP) is 0.386. The minimum Gasteiger partial charge on any atom is -0.375 e. The fraction of sp³-hybridized carbons (Fsp3) is 0.545. The van der Waals surface area contributed by atoms with Gasteiger partial charge >= 0.3 is 0 Å². The SMILES string of the molecule is Cc1nc(N)sc1C(=O)NCC(=O)N1CCCC1. The molecule has 0 unspecified atom stereocenters. The summed E-state index contributed by atoms with van der Waals surface area (Å²) in [6, 6.07) is 0. The van der Waals surface area contributed by atoms with E-state index in [1.807, 2.05) is 0 Å². The summed E-state index contributed by atoms with van der Waals surface area (Å²) in [5, 5.41) is 2.98. The molecule has 3 N–H and O–H groups in total. The van der Waals surface area contributed by atoms with E-state index >= 15 is 0 Å². The van der Waals surface area contributed by atoms with Crippen molar-refractivity contribution in [1.82, 2.24) is 15.2 Å². The maximum Gasteiger partial charge on any atom is 0.263 e. The van der Waals surface area contributed by atoms with Crippen LogP contribution < -0.4 is 11.1 Å². The van der Waals surface area contributed by atoms with E-state index in [9.17, 15) is 9.59 Å². The second-order valence-corrected chi connectivity index (χ2v) is 5.27. The summed E-state index contributed by atoms with van der Waals surface area (Å²) < 4.78 is 0. The molecular weight excluding hydrogens is 252 g/mol. The van der Waals surface area contributed by atoms with Gasteiger partial charge in [0.05, 0.1) is 12.2 Å². The number of anilines is 1. The average Bonchev–Trinajstić information content (AvgIpc) is 2.95. The molecule has 0 spiro atoms. The lowest BCUT2D eigenvalue weighted by molar-refractivity contribution is -0.129. The van der Waals surface area contributed by atoms with Gasteiger partial charge in [-0.3, -0.25) is 9.59 Å². The van der Waals surface area contributed by atoms with E-state index in [0.717, 1.165) is 37.3 Å². The highest BCUT2D eigenvalue weighted by Gasteiger charge is 2.20. The molecule has 0 saturated carbocycles. The number of amides is 2. The molecule has 1 saturated heterocycles. The molecule has 2 amide bonds. The largest absolute Gasteiger partial charge is 0.375 e. The quantitative estimate of drug-likeness (QED) is 0.830. The number of nitrogens with one attached hydrogen (secondary N) is 1. The van der Waals surface area contributed by atoms with E-state index in [2.05, 4.69) is 10.3 Å². The van der Waals surface area contributed by atoms with Crippen LogP contribution in [0.15, 0.2) is 0 Å². The van der Waals surface area contributed by atoms with Crippen LogP contribution >= 0.6 is 11.3 Å². The fourth-order valence-electron chi connectivity index (χ4n) is 1.94. The number of hydrogen-bond acceptors (Lipinski definition) is 5. The van der Waals surface area contributed by atoms with Crippen molar-refractivity contribution in [2.24, 2.45) is 0 Å². The molecule has 0 aliphatic carbocycles. The molecule has 1 aliphatic heterocycles. The lowest BCUT2D eigenvalue weighted by Gasteiger charge is -2.15. The molecule has 1 aliphatic rings. The zero-order valence-corrected chi connectivity index (χ0v) is 11.0. The van der Waals surface area contributed by atoms with E-state index in [1.54, 1.807) is 11.8 Å². The van der Waals surface area contributed by atoms with Crippen molar-refractivity contribution in [3.63, 3.8) is 0 Å². The molecular formula is C11H16N4O2S. The number of thiazole rings is 1. The van der Waals surface area contributed by atoms with Gasteiger partial charge in [0.1, 0.15) is 4.88 Å². The average molecular weight is 268 g/mol. The van der Waals surface area contributed by atoms with Crippen LogP contribution in [-0.4, -0.2) is 41.3 Å². The molecule has 2 heterocycles. The summed E-state index contributed by atoms with van der Waals surface area (Å²) in [5.74, 6) is -0.315. The highest BCUT2D eigenvalue weighted by atomic mass is 32.1. The summed E-state index contributed by atoms with van der Waals surface area (Å²) in [5.41, 5.74) is 6.13. The first-order valence-corrected chi connectivity index (χ1v) is 6.68. The van der Waals surface area contributed by atoms with Crippen LogP contribution in [0.4, 0.5) is 5.13 Å². The molecule has 7 heteroatoms. The summed E-state index contributed by atoms with van der Waals surface area (Å²) in [6.45, 7) is 3.35. The van der Waals surface area contributed by atoms with Gasteiger partial charge in [-0.2, -0.15) is 0 Å². The first-order valence-electron chi connectivity index (χ1n) is 5.87. The molecule has 1 fully saturated rings. The molecule has 0 atom stereocenters. The summed E-state index contributed by atoms with van der Waals surface area (Å²) in [4.78, 5) is 29.8. The first kappa shape index (κ1) is 12.8. The maximum absolute atomic E-state index is 11.8. The standard InChI is InChI=1S/C11H16N4O2S/c1-7-9(18-11(12)14-7)10(17)13-6-8(16)15-4-2-3-5-15/h2-6H2,1H3,(H2,12,14)(H,13,17). The molecule has 98 valence electrons. The fourth-order valence-corrected chi connectivity index (χ4v) is 2.69. The maximum atomic E-state index is 11.8. The number of carbonyl (C=O) groups is 2. The lowest BCUT2D eigenvalue weighted by Crippen LogP contribution is -2.38. The molecule has 18 heavy (non-hydrogen) atoms. The number of nitrogens with two attached hydrogens (primary N) is 1. The van der Waals surface area contributed by atoms with Crippen molar-refractivity contribution in [2.45, 2.75) is 19.8 Å². The smallest absolute Gasteiger partial charge is 0.263 e. The van der Waals surface area contributed by atoms with Gasteiger partial charge in [0.2, 0.25) is 5.91 Å². The third-order valence-electron chi connectivity index (χ3n) is 2.88. The molecule has 2 rings (SSSR count). The second-order valence-electron chi connectivity index (χ2n) is 4.24. The van der Waals surface area contributed by atoms with E-state index < -0.39 is 0 Å². The Bertz CT molecular complexity index is 466. The van der Waals surface area contributed by atoms with Crippen LogP contribution in [-0.2, 0) is 4.79 Å². The molecule has 1 aromatic rings. The van der Waals surface area contributed by atoms with Crippen molar-refractivity contribution in [1.29, 1.82) is 0 Å². The van der Waals surface area contributed by atoms with Crippen molar-refractivity contribution < 1.29 is 9.59 Å². The molecule has 0 aromatic carbocycles. The van der Waals surface area contributed by atoms with Crippen molar-refractivity contribution in [2.75, 3.05) is 25.4 Å². The Hall–Kier alpha value is -1.63. The Morgan fingerprint density at radius 1 is 1.44 bits per heavy atom. The number of nitrogens with zero attached hydrogens (tertiary/aromatic N) is 2. The van der Waals surface area contributed by atoms with Crippen LogP contribution in [0.3, 0.4) is 0 Å². The Balaban J connectivity index is 1.88. The number of carbonyl (C=O) groups excluding carboxylic acids is 2. The summed E-state index contributed by atoms with van der Waals surface area (Å²) in [6.07, 6.45) is 2.09. The topological polar surface area (TPSA) is 88.3 Å². The second kappa shape index (κ2) is 5.34. The number of hydrogen-bond donors (Lipinski definition) is 2. The van der Waals surface area contributed by atoms with Crippen molar-refractivity contribution in [3.05, 3.63) is 10.6 Å². The minimum absolute atomic E-state index is 0.0315. The Morgan fingerprint density at radius 2 is 2.11 bits per heavy atom. The van der Waals surface area contributed by atoms with Gasteiger partial charge in [0.25, 0.3) is 5.91 Å². The molecule has 1 aromatic heterocycles. The van der Waals surface area contributed by atoms with Gasteiger partial charge in [-0.1, -0.05) is 11.3 Å². The number of likely N-dealkylation sites (tertiary alicyclic amines) is 1. The molecule has 6 nitrogen and oxygen atoms in total. The van der Waals surface area contributed by atoms with Crippen LogP contribution in [0.2, 0.25) is 0 Å². The third-order valence-corrected chi connectivity index (χ3v) is 3.86. The van der Waals surface area contributed by atoms with Gasteiger partial charge in [-0.25, -0.2) is 4.98 Å². The highest BCUT2D eigenvalue weighted by molar-refractivity contribution is 7.17. The van der Waals surface area contributed by atoms with E-state index in [4.69, 9.17) is 5.73 Å². The molecule has 0 bridgehead atoms. The van der Waals surface area contributed by atoms with Crippen molar-refractivity contribution >= 4 is 28.3 Å². The Kier molecular flexibility index (Phi) is 3.81. The number of aromatic nitrogens is 1. The first-order chi connectivity index (χ1) is 8.58. The number of rotatable bonds is 3.